The van der Waals surface area contributed by atoms with Crippen LogP contribution in [0.3, 0.4) is 0 Å². The van der Waals surface area contributed by atoms with Gasteiger partial charge >= 0.3 is 0 Å². The van der Waals surface area contributed by atoms with E-state index in [1.807, 2.05) is 12.1 Å². The quantitative estimate of drug-likeness (QED) is 0.878. The number of nitrogens with two attached hydrogens (primary N) is 1. The summed E-state index contributed by atoms with van der Waals surface area (Å²) < 4.78 is 5.98. The Morgan fingerprint density at radius 1 is 1.28 bits per heavy atom. The van der Waals surface area contributed by atoms with Gasteiger partial charge in [-0.1, -0.05) is 11.6 Å². The van der Waals surface area contributed by atoms with Gasteiger partial charge < -0.3 is 10.5 Å². The van der Waals surface area contributed by atoms with Gasteiger partial charge in [-0.25, -0.2) is 0 Å². The van der Waals surface area contributed by atoms with Crippen molar-refractivity contribution in [1.82, 2.24) is 10.2 Å². The normalized spacial score (nSPS) is 24.3. The lowest BCUT2D eigenvalue weighted by Crippen LogP contribution is -2.31. The number of H-pyrrole nitrogens is 1. The molecule has 1 fully saturated rings. The number of fused-ring (bicyclic) bond motifs is 1. The van der Waals surface area contributed by atoms with Crippen LogP contribution in [0.5, 0.6) is 5.75 Å². The van der Waals surface area contributed by atoms with Crippen molar-refractivity contribution in [2.75, 3.05) is 0 Å². The fraction of sp³-hybridized carbons (Fsp3) is 0.462. The molecule has 0 spiro atoms. The Morgan fingerprint density at radius 3 is 2.83 bits per heavy atom. The number of ether oxygens (including phenoxy) is 1. The molecule has 0 atom stereocenters. The molecular formula is C13H16ClN3O. The summed E-state index contributed by atoms with van der Waals surface area (Å²) in [6, 6.07) is 4.17. The minimum atomic E-state index is 0.228. The third kappa shape index (κ3) is 2.18. The predicted molar refractivity (Wildman–Crippen MR) is 72.0 cm³/mol. The summed E-state index contributed by atoms with van der Waals surface area (Å²) >= 11 is 6.32. The number of hydrogen-bond acceptors (Lipinski definition) is 3. The van der Waals surface area contributed by atoms with Gasteiger partial charge in [0.05, 0.1) is 22.8 Å². The summed E-state index contributed by atoms with van der Waals surface area (Å²) in [5.41, 5.74) is 6.82. The zero-order valence-electron chi connectivity index (χ0n) is 10.0. The zero-order chi connectivity index (χ0) is 12.5. The SMILES string of the molecule is N[C@H]1CC[C@@H](Oc2ccc3[nH]ncc3c2Cl)CC1. The Hall–Kier alpha value is -1.26. The Balaban J connectivity index is 1.80. The van der Waals surface area contributed by atoms with E-state index in [0.717, 1.165) is 42.3 Å². The third-order valence-corrected chi connectivity index (χ3v) is 3.93. The lowest BCUT2D eigenvalue weighted by molar-refractivity contribution is 0.147. The number of benzene rings is 1. The van der Waals surface area contributed by atoms with Crippen LogP contribution >= 0.6 is 11.6 Å². The van der Waals surface area contributed by atoms with Gasteiger partial charge in [0.15, 0.2) is 0 Å². The van der Waals surface area contributed by atoms with Crippen LogP contribution in [-0.4, -0.2) is 22.3 Å². The molecule has 18 heavy (non-hydrogen) atoms. The second kappa shape index (κ2) is 4.78. The summed E-state index contributed by atoms with van der Waals surface area (Å²) in [6.45, 7) is 0. The molecule has 1 aliphatic carbocycles. The Kier molecular flexibility index (Phi) is 3.14. The maximum Gasteiger partial charge on any atom is 0.139 e. The van der Waals surface area contributed by atoms with Gasteiger partial charge in [-0.05, 0) is 37.8 Å². The maximum atomic E-state index is 6.32. The first-order valence-corrected chi connectivity index (χ1v) is 6.65. The first-order chi connectivity index (χ1) is 8.74. The zero-order valence-corrected chi connectivity index (χ0v) is 10.8. The molecule has 0 unspecified atom stereocenters. The van der Waals surface area contributed by atoms with Gasteiger partial charge in [-0.15, -0.1) is 0 Å². The van der Waals surface area contributed by atoms with E-state index in [9.17, 15) is 0 Å². The van der Waals surface area contributed by atoms with E-state index in [0.29, 0.717) is 11.1 Å². The monoisotopic (exact) mass is 265 g/mol. The molecule has 0 aliphatic heterocycles. The minimum absolute atomic E-state index is 0.228. The molecule has 1 aromatic carbocycles. The van der Waals surface area contributed by atoms with Crippen molar-refractivity contribution in [2.24, 2.45) is 5.73 Å². The van der Waals surface area contributed by atoms with Crippen molar-refractivity contribution < 1.29 is 4.74 Å². The average molecular weight is 266 g/mol. The van der Waals surface area contributed by atoms with E-state index in [1.54, 1.807) is 6.20 Å². The number of nitrogens with one attached hydrogen (secondary N) is 1. The molecule has 4 nitrogen and oxygen atoms in total. The van der Waals surface area contributed by atoms with Gasteiger partial charge in [0.25, 0.3) is 0 Å². The molecular weight excluding hydrogens is 250 g/mol. The highest BCUT2D eigenvalue weighted by Crippen LogP contribution is 2.34. The summed E-state index contributed by atoms with van der Waals surface area (Å²) in [6.07, 6.45) is 6.00. The predicted octanol–water partition coefficient (Wildman–Crippen LogP) is 2.87. The van der Waals surface area contributed by atoms with Gasteiger partial charge in [-0.2, -0.15) is 5.10 Å². The summed E-state index contributed by atoms with van der Waals surface area (Å²) in [4.78, 5) is 0. The van der Waals surface area contributed by atoms with Crippen molar-refractivity contribution in [3.8, 4) is 5.75 Å². The highest BCUT2D eigenvalue weighted by atomic mass is 35.5. The van der Waals surface area contributed by atoms with E-state index in [4.69, 9.17) is 22.1 Å². The minimum Gasteiger partial charge on any atom is -0.489 e. The fourth-order valence-corrected chi connectivity index (χ4v) is 2.70. The van der Waals surface area contributed by atoms with Crippen LogP contribution in [0.25, 0.3) is 10.9 Å². The lowest BCUT2D eigenvalue weighted by Gasteiger charge is -2.27. The van der Waals surface area contributed by atoms with Crippen molar-refractivity contribution in [1.29, 1.82) is 0 Å². The Bertz CT molecular complexity index is 546. The van der Waals surface area contributed by atoms with Gasteiger partial charge in [0.2, 0.25) is 0 Å². The number of halogens is 1. The van der Waals surface area contributed by atoms with Gasteiger partial charge in [-0.3, -0.25) is 5.10 Å². The molecule has 0 saturated heterocycles. The molecule has 0 radical (unpaired) electrons. The second-order valence-electron chi connectivity index (χ2n) is 4.86. The van der Waals surface area contributed by atoms with Crippen LogP contribution in [0.15, 0.2) is 18.3 Å². The average Bonchev–Trinajstić information content (AvgIpc) is 2.84. The fourth-order valence-electron chi connectivity index (χ4n) is 2.44. The van der Waals surface area contributed by atoms with Crippen molar-refractivity contribution in [3.63, 3.8) is 0 Å². The number of nitrogens with zero attached hydrogens (tertiary/aromatic N) is 1. The largest absolute Gasteiger partial charge is 0.489 e. The molecule has 3 N–H and O–H groups in total. The molecule has 3 rings (SSSR count). The topological polar surface area (TPSA) is 63.9 Å². The van der Waals surface area contributed by atoms with E-state index in [-0.39, 0.29) is 6.10 Å². The summed E-state index contributed by atoms with van der Waals surface area (Å²) in [5.74, 6) is 0.742. The molecule has 96 valence electrons. The van der Waals surface area contributed by atoms with Crippen molar-refractivity contribution >= 4 is 22.5 Å². The standard InChI is InChI=1S/C13H16ClN3O/c14-13-10-7-16-17-11(10)5-6-12(13)18-9-3-1-8(15)2-4-9/h5-9H,1-4,15H2,(H,16,17)/t8-,9+. The molecule has 1 aliphatic rings. The van der Waals surface area contributed by atoms with Gasteiger partial charge in [0, 0.05) is 11.4 Å². The molecule has 0 amide bonds. The first-order valence-electron chi connectivity index (χ1n) is 6.28. The lowest BCUT2D eigenvalue weighted by atomic mass is 9.94. The summed E-state index contributed by atoms with van der Waals surface area (Å²) in [7, 11) is 0. The van der Waals surface area contributed by atoms with Crippen LogP contribution < -0.4 is 10.5 Å². The van der Waals surface area contributed by atoms with E-state index < -0.39 is 0 Å². The number of hydrogen-bond donors (Lipinski definition) is 2. The van der Waals surface area contributed by atoms with E-state index in [2.05, 4.69) is 10.2 Å². The maximum absolute atomic E-state index is 6.32. The van der Waals surface area contributed by atoms with Gasteiger partial charge in [0.1, 0.15) is 5.75 Å². The molecule has 1 heterocycles. The van der Waals surface area contributed by atoms with Crippen LogP contribution in [-0.2, 0) is 0 Å². The Morgan fingerprint density at radius 2 is 2.06 bits per heavy atom. The Labute approximate surface area is 110 Å². The van der Waals surface area contributed by atoms with Crippen molar-refractivity contribution in [3.05, 3.63) is 23.4 Å². The van der Waals surface area contributed by atoms with Crippen LogP contribution in [0.4, 0.5) is 0 Å². The van der Waals surface area contributed by atoms with Crippen LogP contribution in [0.1, 0.15) is 25.7 Å². The van der Waals surface area contributed by atoms with E-state index >= 15 is 0 Å². The summed E-state index contributed by atoms with van der Waals surface area (Å²) in [5, 5.41) is 8.41. The molecule has 2 aromatic rings. The molecule has 1 saturated carbocycles. The van der Waals surface area contributed by atoms with E-state index in [1.165, 1.54) is 0 Å². The van der Waals surface area contributed by atoms with Crippen LogP contribution in [0, 0.1) is 0 Å². The highest BCUT2D eigenvalue weighted by molar-refractivity contribution is 6.36. The number of aromatic amines is 1. The molecule has 0 bridgehead atoms. The number of aromatic nitrogens is 2. The highest BCUT2D eigenvalue weighted by Gasteiger charge is 2.21. The first kappa shape index (κ1) is 11.8. The van der Waals surface area contributed by atoms with Crippen LogP contribution in [0.2, 0.25) is 5.02 Å². The number of rotatable bonds is 2. The third-order valence-electron chi connectivity index (χ3n) is 3.54. The van der Waals surface area contributed by atoms with Crippen molar-refractivity contribution in [2.45, 2.75) is 37.8 Å². The smallest absolute Gasteiger partial charge is 0.139 e. The second-order valence-corrected chi connectivity index (χ2v) is 5.24. The molecule has 1 aromatic heterocycles. The molecule has 5 heteroatoms.